The Bertz CT molecular complexity index is 976. The molecule has 6 nitrogen and oxygen atoms in total. The standard InChI is InChI=1S/C20H22N4O2S/c1-3-26-17-9-7-16(8-10-17)21-18(25)11-12-24-19(22-23-20(24)27)15-6-4-5-14(2)13-15/h4-10,13H,3,11-12H2,1-2H3,(H,21,25)(H,23,27). The summed E-state index contributed by atoms with van der Waals surface area (Å²) in [6.07, 6.45) is 0.292. The SMILES string of the molecule is CCOc1ccc(NC(=O)CCn2c(-c3cccc(C)c3)n[nH]c2=S)cc1. The molecule has 3 rings (SSSR count). The van der Waals surface area contributed by atoms with Gasteiger partial charge in [-0.3, -0.25) is 14.5 Å². The van der Waals surface area contributed by atoms with E-state index in [0.717, 1.165) is 28.4 Å². The molecular formula is C20H22N4O2S. The van der Waals surface area contributed by atoms with Crippen molar-refractivity contribution in [1.29, 1.82) is 0 Å². The number of aromatic nitrogens is 3. The summed E-state index contributed by atoms with van der Waals surface area (Å²) in [7, 11) is 0. The predicted octanol–water partition coefficient (Wildman–Crippen LogP) is 4.34. The first-order valence-corrected chi connectivity index (χ1v) is 9.22. The first-order chi connectivity index (χ1) is 13.1. The van der Waals surface area contributed by atoms with E-state index in [2.05, 4.69) is 15.5 Å². The van der Waals surface area contributed by atoms with Gasteiger partial charge in [0.2, 0.25) is 5.91 Å². The van der Waals surface area contributed by atoms with E-state index in [4.69, 9.17) is 17.0 Å². The lowest BCUT2D eigenvalue weighted by Crippen LogP contribution is -2.15. The van der Waals surface area contributed by atoms with Gasteiger partial charge in [0.1, 0.15) is 5.75 Å². The Morgan fingerprint density at radius 2 is 2.04 bits per heavy atom. The zero-order valence-corrected chi connectivity index (χ0v) is 16.2. The predicted molar refractivity (Wildman–Crippen MR) is 108 cm³/mol. The minimum Gasteiger partial charge on any atom is -0.494 e. The summed E-state index contributed by atoms with van der Waals surface area (Å²) in [5.74, 6) is 1.43. The van der Waals surface area contributed by atoms with Crippen LogP contribution in [0.4, 0.5) is 5.69 Å². The molecule has 0 saturated heterocycles. The zero-order chi connectivity index (χ0) is 19.2. The Kier molecular flexibility index (Phi) is 6.03. The fourth-order valence-electron chi connectivity index (χ4n) is 2.77. The Morgan fingerprint density at radius 1 is 1.26 bits per heavy atom. The molecule has 2 N–H and O–H groups in total. The number of ether oxygens (including phenoxy) is 1. The summed E-state index contributed by atoms with van der Waals surface area (Å²) in [4.78, 5) is 12.3. The van der Waals surface area contributed by atoms with E-state index in [1.54, 1.807) is 0 Å². The molecular weight excluding hydrogens is 360 g/mol. The van der Waals surface area contributed by atoms with Crippen molar-refractivity contribution in [3.63, 3.8) is 0 Å². The first kappa shape index (κ1) is 18.8. The molecule has 27 heavy (non-hydrogen) atoms. The van der Waals surface area contributed by atoms with Gasteiger partial charge in [-0.15, -0.1) is 0 Å². The van der Waals surface area contributed by atoms with Crippen LogP contribution in [0.5, 0.6) is 5.75 Å². The monoisotopic (exact) mass is 382 g/mol. The largest absolute Gasteiger partial charge is 0.494 e. The normalized spacial score (nSPS) is 10.6. The van der Waals surface area contributed by atoms with Crippen LogP contribution in [0, 0.1) is 11.7 Å². The van der Waals surface area contributed by atoms with Gasteiger partial charge < -0.3 is 10.1 Å². The summed E-state index contributed by atoms with van der Waals surface area (Å²) in [6, 6.07) is 15.3. The smallest absolute Gasteiger partial charge is 0.226 e. The molecule has 0 bridgehead atoms. The second-order valence-corrected chi connectivity index (χ2v) is 6.52. The van der Waals surface area contributed by atoms with Crippen LogP contribution in [0.1, 0.15) is 18.9 Å². The van der Waals surface area contributed by atoms with E-state index in [1.165, 1.54) is 0 Å². The maximum absolute atomic E-state index is 12.3. The van der Waals surface area contributed by atoms with Crippen LogP contribution in [0.15, 0.2) is 48.5 Å². The number of nitrogens with one attached hydrogen (secondary N) is 2. The van der Waals surface area contributed by atoms with E-state index < -0.39 is 0 Å². The zero-order valence-electron chi connectivity index (χ0n) is 15.4. The van der Waals surface area contributed by atoms with Gasteiger partial charge in [0.25, 0.3) is 0 Å². The van der Waals surface area contributed by atoms with Crippen molar-refractivity contribution in [3.05, 3.63) is 58.9 Å². The highest BCUT2D eigenvalue weighted by atomic mass is 32.1. The van der Waals surface area contributed by atoms with Crippen molar-refractivity contribution in [2.45, 2.75) is 26.8 Å². The maximum atomic E-state index is 12.3. The fourth-order valence-corrected chi connectivity index (χ4v) is 2.99. The summed E-state index contributed by atoms with van der Waals surface area (Å²) in [6.45, 7) is 5.02. The molecule has 140 valence electrons. The third kappa shape index (κ3) is 4.83. The van der Waals surface area contributed by atoms with Crippen LogP contribution in [0.25, 0.3) is 11.4 Å². The molecule has 0 fully saturated rings. The van der Waals surface area contributed by atoms with E-state index in [0.29, 0.717) is 24.3 Å². The molecule has 0 unspecified atom stereocenters. The molecule has 0 spiro atoms. The van der Waals surface area contributed by atoms with Gasteiger partial charge in [0.15, 0.2) is 10.6 Å². The van der Waals surface area contributed by atoms with Crippen LogP contribution in [0.3, 0.4) is 0 Å². The quantitative estimate of drug-likeness (QED) is 0.596. The lowest BCUT2D eigenvalue weighted by atomic mass is 10.1. The number of hydrogen-bond donors (Lipinski definition) is 2. The summed E-state index contributed by atoms with van der Waals surface area (Å²) in [5.41, 5.74) is 2.84. The van der Waals surface area contributed by atoms with Crippen molar-refractivity contribution < 1.29 is 9.53 Å². The van der Waals surface area contributed by atoms with Crippen LogP contribution in [-0.4, -0.2) is 27.3 Å². The molecule has 0 radical (unpaired) electrons. The summed E-state index contributed by atoms with van der Waals surface area (Å²) < 4.78 is 7.75. The number of carbonyl (C=O) groups is 1. The number of aryl methyl sites for hydroxylation is 1. The van der Waals surface area contributed by atoms with Gasteiger partial charge in [-0.1, -0.05) is 23.8 Å². The average molecular weight is 382 g/mol. The molecule has 0 saturated carbocycles. The minimum absolute atomic E-state index is 0.0857. The van der Waals surface area contributed by atoms with Gasteiger partial charge in [-0.25, -0.2) is 0 Å². The molecule has 1 amide bonds. The number of carbonyl (C=O) groups excluding carboxylic acids is 1. The number of nitrogens with zero attached hydrogens (tertiary/aromatic N) is 2. The van der Waals surface area contributed by atoms with Crippen LogP contribution >= 0.6 is 12.2 Å². The Hall–Kier alpha value is -2.93. The number of H-pyrrole nitrogens is 1. The van der Waals surface area contributed by atoms with E-state index in [1.807, 2.05) is 66.9 Å². The molecule has 0 aliphatic heterocycles. The number of rotatable bonds is 7. The molecule has 0 atom stereocenters. The number of amides is 1. The van der Waals surface area contributed by atoms with Crippen molar-refractivity contribution in [3.8, 4) is 17.1 Å². The van der Waals surface area contributed by atoms with Gasteiger partial charge in [0.05, 0.1) is 6.61 Å². The number of aromatic amines is 1. The molecule has 2 aromatic carbocycles. The highest BCUT2D eigenvalue weighted by Gasteiger charge is 2.11. The van der Waals surface area contributed by atoms with E-state index in [9.17, 15) is 4.79 Å². The Balaban J connectivity index is 1.65. The maximum Gasteiger partial charge on any atom is 0.226 e. The molecule has 1 heterocycles. The molecule has 0 aliphatic carbocycles. The molecule has 3 aromatic rings. The van der Waals surface area contributed by atoms with Crippen molar-refractivity contribution in [2.24, 2.45) is 0 Å². The highest BCUT2D eigenvalue weighted by molar-refractivity contribution is 7.71. The van der Waals surface area contributed by atoms with Crippen LogP contribution < -0.4 is 10.1 Å². The van der Waals surface area contributed by atoms with Crippen LogP contribution in [-0.2, 0) is 11.3 Å². The number of hydrogen-bond acceptors (Lipinski definition) is 4. The number of benzene rings is 2. The van der Waals surface area contributed by atoms with Gasteiger partial charge in [-0.2, -0.15) is 5.10 Å². The Morgan fingerprint density at radius 3 is 2.74 bits per heavy atom. The summed E-state index contributed by atoms with van der Waals surface area (Å²) >= 11 is 5.33. The lowest BCUT2D eigenvalue weighted by Gasteiger charge is -2.09. The Labute approximate surface area is 163 Å². The second-order valence-electron chi connectivity index (χ2n) is 6.13. The van der Waals surface area contributed by atoms with Gasteiger partial charge >= 0.3 is 0 Å². The van der Waals surface area contributed by atoms with Crippen LogP contribution in [0.2, 0.25) is 0 Å². The highest BCUT2D eigenvalue weighted by Crippen LogP contribution is 2.19. The number of anilines is 1. The molecule has 7 heteroatoms. The fraction of sp³-hybridized carbons (Fsp3) is 0.250. The lowest BCUT2D eigenvalue weighted by molar-refractivity contribution is -0.116. The molecule has 0 aliphatic rings. The van der Waals surface area contributed by atoms with Crippen molar-refractivity contribution in [1.82, 2.24) is 14.8 Å². The second kappa shape index (κ2) is 8.64. The first-order valence-electron chi connectivity index (χ1n) is 8.82. The van der Waals surface area contributed by atoms with Gasteiger partial charge in [0, 0.05) is 24.2 Å². The molecule has 1 aromatic heterocycles. The van der Waals surface area contributed by atoms with Crippen molar-refractivity contribution >= 4 is 23.8 Å². The van der Waals surface area contributed by atoms with E-state index >= 15 is 0 Å². The van der Waals surface area contributed by atoms with E-state index in [-0.39, 0.29) is 5.91 Å². The third-order valence-corrected chi connectivity index (χ3v) is 4.36. The topological polar surface area (TPSA) is 71.9 Å². The minimum atomic E-state index is -0.0857. The third-order valence-electron chi connectivity index (χ3n) is 4.05. The van der Waals surface area contributed by atoms with Gasteiger partial charge in [-0.05, 0) is 56.4 Å². The van der Waals surface area contributed by atoms with Crippen molar-refractivity contribution in [2.75, 3.05) is 11.9 Å². The average Bonchev–Trinajstić information content (AvgIpc) is 3.02. The summed E-state index contributed by atoms with van der Waals surface area (Å²) in [5, 5.41) is 10.0.